The van der Waals surface area contributed by atoms with Gasteiger partial charge in [0.25, 0.3) is 11.7 Å². The zero-order valence-corrected chi connectivity index (χ0v) is 34.4. The summed E-state index contributed by atoms with van der Waals surface area (Å²) in [6, 6.07) is 1.15. The second kappa shape index (κ2) is 17.1. The molecule has 1 fully saturated rings. The molecule has 1 amide bonds. The number of amides is 1. The number of aliphatic hydroxyl groups excluding tert-OH is 3. The highest BCUT2D eigenvalue weighted by Gasteiger charge is 2.50. The number of Topliss-reactive ketones (excluding diaryl/α,β-unsaturated/α-hetero) is 1. The smallest absolute Gasteiger partial charge is 0.312 e. The molecular formula is C43H58N2O12. The van der Waals surface area contributed by atoms with E-state index in [9.17, 15) is 39.9 Å². The number of methoxy groups -OCH3 is 1. The lowest BCUT2D eigenvalue weighted by Gasteiger charge is -2.38. The lowest BCUT2D eigenvalue weighted by molar-refractivity contribution is -0.160. The van der Waals surface area contributed by atoms with Crippen LogP contribution in [0.15, 0.2) is 42.2 Å². The van der Waals surface area contributed by atoms with E-state index >= 15 is 0 Å². The van der Waals surface area contributed by atoms with E-state index in [1.165, 1.54) is 39.4 Å². The molecule has 57 heavy (non-hydrogen) atoms. The first-order chi connectivity index (χ1) is 26.7. The molecule has 6 N–H and O–H groups in total. The van der Waals surface area contributed by atoms with Crippen molar-refractivity contribution in [1.29, 1.82) is 0 Å². The summed E-state index contributed by atoms with van der Waals surface area (Å²) in [4.78, 5) is 42.5. The average molecular weight is 795 g/mol. The lowest BCUT2D eigenvalue weighted by atomic mass is 9.78. The number of hydrogen-bond acceptors (Lipinski definition) is 13. The molecule has 4 aliphatic heterocycles. The molecule has 5 bridgehead atoms. The van der Waals surface area contributed by atoms with E-state index in [0.717, 1.165) is 0 Å². The molecular weight excluding hydrogens is 736 g/mol. The van der Waals surface area contributed by atoms with Gasteiger partial charge in [0.2, 0.25) is 0 Å². The van der Waals surface area contributed by atoms with Crippen molar-refractivity contribution in [1.82, 2.24) is 0 Å². The molecule has 312 valence electrons. The number of phenolic OH excluding ortho intramolecular Hbond substituents is 2. The molecule has 2 aromatic rings. The van der Waals surface area contributed by atoms with E-state index in [1.54, 1.807) is 66.7 Å². The van der Waals surface area contributed by atoms with Crippen molar-refractivity contribution in [3.63, 3.8) is 0 Å². The number of nitrogens with one attached hydrogen (secondary N) is 1. The first-order valence-corrected chi connectivity index (χ1v) is 19.6. The van der Waals surface area contributed by atoms with Gasteiger partial charge >= 0.3 is 11.8 Å². The average Bonchev–Trinajstić information content (AvgIpc) is 3.76. The van der Waals surface area contributed by atoms with Crippen LogP contribution in [0.1, 0.15) is 84.2 Å². The minimum atomic E-state index is -1.95. The number of carbonyl (C=O) groups excluding carboxylic acids is 3. The van der Waals surface area contributed by atoms with E-state index in [1.807, 2.05) is 4.90 Å². The Kier molecular flexibility index (Phi) is 13.0. The van der Waals surface area contributed by atoms with Gasteiger partial charge in [0.05, 0.1) is 53.4 Å². The molecule has 14 nitrogen and oxygen atoms in total. The molecule has 4 aliphatic rings. The molecule has 14 heteroatoms. The van der Waals surface area contributed by atoms with Gasteiger partial charge in [0.15, 0.2) is 5.75 Å². The van der Waals surface area contributed by atoms with Crippen LogP contribution < -0.4 is 15.0 Å². The number of carbonyl (C=O) groups is 3. The van der Waals surface area contributed by atoms with Gasteiger partial charge in [-0.1, -0.05) is 45.9 Å². The van der Waals surface area contributed by atoms with Gasteiger partial charge in [-0.15, -0.1) is 0 Å². The van der Waals surface area contributed by atoms with E-state index in [0.29, 0.717) is 25.1 Å². The van der Waals surface area contributed by atoms with Crippen LogP contribution in [-0.2, 0) is 23.8 Å². The van der Waals surface area contributed by atoms with Crippen molar-refractivity contribution < 1.29 is 58.9 Å². The van der Waals surface area contributed by atoms with Gasteiger partial charge in [-0.3, -0.25) is 14.4 Å². The van der Waals surface area contributed by atoms with Crippen LogP contribution in [0.2, 0.25) is 0 Å². The van der Waals surface area contributed by atoms with Crippen LogP contribution in [0.25, 0.3) is 10.8 Å². The molecule has 0 saturated carbocycles. The normalized spacial score (nSPS) is 31.9. The van der Waals surface area contributed by atoms with Gasteiger partial charge < -0.3 is 54.7 Å². The highest BCUT2D eigenvalue weighted by Crippen LogP contribution is 2.54. The van der Waals surface area contributed by atoms with Crippen molar-refractivity contribution in [3.05, 3.63) is 53.3 Å². The van der Waals surface area contributed by atoms with Gasteiger partial charge in [-0.2, -0.15) is 0 Å². The number of nitrogens with zero attached hydrogens (tertiary/aromatic N) is 1. The Balaban J connectivity index is 1.72. The van der Waals surface area contributed by atoms with E-state index in [4.69, 9.17) is 18.9 Å². The van der Waals surface area contributed by atoms with Crippen LogP contribution in [0, 0.1) is 30.6 Å². The van der Waals surface area contributed by atoms with Crippen LogP contribution in [0.4, 0.5) is 11.4 Å². The van der Waals surface area contributed by atoms with E-state index < -0.39 is 83.4 Å². The Morgan fingerprint density at radius 2 is 1.70 bits per heavy atom. The second-order valence-electron chi connectivity index (χ2n) is 16.1. The predicted molar refractivity (Wildman–Crippen MR) is 214 cm³/mol. The van der Waals surface area contributed by atoms with Crippen LogP contribution >= 0.6 is 0 Å². The number of fused-ring (bicyclic) bond motifs is 14. The Labute approximate surface area is 333 Å². The molecule has 4 heterocycles. The topological polar surface area (TPSA) is 205 Å². The molecule has 1 saturated heterocycles. The third-order valence-corrected chi connectivity index (χ3v) is 12.0. The number of aromatic hydroxyl groups is 2. The number of ether oxygens (including phenoxy) is 4. The Morgan fingerprint density at radius 3 is 2.33 bits per heavy atom. The van der Waals surface area contributed by atoms with Crippen LogP contribution in [0.5, 0.6) is 17.2 Å². The fraction of sp³-hybridized carbons (Fsp3) is 0.558. The van der Waals surface area contributed by atoms with Crippen LogP contribution in [0.3, 0.4) is 0 Å². The molecule has 0 aromatic heterocycles. The lowest BCUT2D eigenvalue weighted by Crippen LogP contribution is -2.46. The minimum Gasteiger partial charge on any atom is -0.507 e. The number of benzene rings is 2. The quantitative estimate of drug-likeness (QED) is 0.170. The van der Waals surface area contributed by atoms with Gasteiger partial charge in [-0.05, 0) is 45.8 Å². The molecule has 0 aliphatic carbocycles. The number of hydrogen-bond donors (Lipinski definition) is 6. The monoisotopic (exact) mass is 794 g/mol. The zero-order chi connectivity index (χ0) is 42.3. The summed E-state index contributed by atoms with van der Waals surface area (Å²) < 4.78 is 23.8. The summed E-state index contributed by atoms with van der Waals surface area (Å²) in [5.74, 6) is -6.89. The molecule has 11 unspecified atom stereocenters. The SMILES string of the molecule is COC1C=COC2(C)Oc3c(C)c(O)c4c(O)c(cc(N5CCCC5C(C)O)c4c3C2=O)NC(=O)C(C)=CC=CC(C)C(O)C(C)C(O)C(C)C(OC(C)=O)C1C. The number of ketones is 1. The van der Waals surface area contributed by atoms with E-state index in [2.05, 4.69) is 5.32 Å². The number of allylic oxidation sites excluding steroid dienone is 2. The molecule has 0 spiro atoms. The zero-order valence-electron chi connectivity index (χ0n) is 34.4. The maximum atomic E-state index is 14.6. The fourth-order valence-corrected chi connectivity index (χ4v) is 8.47. The number of aliphatic hydroxyl groups is 3. The number of phenols is 2. The summed E-state index contributed by atoms with van der Waals surface area (Å²) in [6.07, 6.45) is 4.44. The Hall–Kier alpha value is -4.63. The summed E-state index contributed by atoms with van der Waals surface area (Å²) in [6.45, 7) is 14.9. The minimum absolute atomic E-state index is 0.0274. The third kappa shape index (κ3) is 8.23. The van der Waals surface area contributed by atoms with E-state index in [-0.39, 0.29) is 50.7 Å². The molecule has 0 radical (unpaired) electrons. The van der Waals surface area contributed by atoms with Crippen molar-refractivity contribution in [2.45, 2.75) is 118 Å². The largest absolute Gasteiger partial charge is 0.507 e. The maximum absolute atomic E-state index is 14.6. The van der Waals surface area contributed by atoms with Crippen molar-refractivity contribution in [3.8, 4) is 17.2 Å². The number of anilines is 2. The molecule has 6 rings (SSSR count). The Bertz CT molecular complexity index is 1970. The first-order valence-electron chi connectivity index (χ1n) is 19.6. The van der Waals surface area contributed by atoms with Gasteiger partial charge in [0, 0.05) is 73.4 Å². The summed E-state index contributed by atoms with van der Waals surface area (Å²) >= 11 is 0. The second-order valence-corrected chi connectivity index (χ2v) is 16.1. The third-order valence-electron chi connectivity index (χ3n) is 12.0. The first kappa shape index (κ1) is 43.5. The molecule has 2 aromatic carbocycles. The Morgan fingerprint density at radius 1 is 1.02 bits per heavy atom. The summed E-state index contributed by atoms with van der Waals surface area (Å²) in [5, 5.41) is 60.0. The highest BCUT2D eigenvalue weighted by atomic mass is 16.7. The van der Waals surface area contributed by atoms with Crippen molar-refractivity contribution in [2.75, 3.05) is 23.9 Å². The standard InChI is InChI=1S/C43H58N2O12/c1-20-13-11-14-21(2)42(53)44-28-19-30(45-17-12-15-29(45)26(7)46)32-33(38(28)51)37(50)25(6)40-34(32)41(52)43(9,57-40)55-18-16-31(54-10)22(3)39(56-27(8)47)24(5)36(49)23(4)35(20)48/h11,13-14,16,18-20,22-24,26,29,31,35-36,39,46,48-51H,12,15,17H2,1-10H3,(H,44,53). The predicted octanol–water partition coefficient (Wildman–Crippen LogP) is 5.40. The van der Waals surface area contributed by atoms with Crippen LogP contribution in [-0.4, -0.2) is 99.2 Å². The maximum Gasteiger partial charge on any atom is 0.312 e. The van der Waals surface area contributed by atoms with Crippen molar-refractivity contribution in [2.24, 2.45) is 23.7 Å². The summed E-state index contributed by atoms with van der Waals surface area (Å²) in [5.41, 5.74) is 0.807. The summed E-state index contributed by atoms with van der Waals surface area (Å²) in [7, 11) is 1.46. The molecule has 11 atom stereocenters. The highest BCUT2D eigenvalue weighted by molar-refractivity contribution is 6.23. The number of rotatable bonds is 4. The van der Waals surface area contributed by atoms with Crippen molar-refractivity contribution >= 4 is 39.8 Å². The fourth-order valence-electron chi connectivity index (χ4n) is 8.47. The van der Waals surface area contributed by atoms with Gasteiger partial charge in [0.1, 0.15) is 17.6 Å². The van der Waals surface area contributed by atoms with Gasteiger partial charge in [-0.25, -0.2) is 0 Å². The number of esters is 1.